The monoisotopic (exact) mass is 189 g/mol. The number of hydrogen-bond acceptors (Lipinski definition) is 8. The third-order valence-electron chi connectivity index (χ3n) is 1.58. The normalized spacial score (nSPS) is 18.4. The lowest BCUT2D eigenvalue weighted by molar-refractivity contribution is -0.111. The smallest absolute Gasteiger partial charge is 0.261 e. The summed E-state index contributed by atoms with van der Waals surface area (Å²) in [4.78, 5) is 0. The molecule has 1 heterocycles. The quantitative estimate of drug-likeness (QED) is 0.288. The van der Waals surface area contributed by atoms with Crippen LogP contribution in [-0.4, -0.2) is 32.7 Å². The molecule has 0 atom stereocenters. The van der Waals surface area contributed by atoms with Crippen molar-refractivity contribution in [2.45, 2.75) is 0 Å². The lowest BCUT2D eigenvalue weighted by Crippen LogP contribution is -2.43. The summed E-state index contributed by atoms with van der Waals surface area (Å²) in [5, 5.41) is 30.7. The molecule has 1 aliphatic heterocycles. The summed E-state index contributed by atoms with van der Waals surface area (Å²) in [6.07, 6.45) is 0. The summed E-state index contributed by atoms with van der Waals surface area (Å²) >= 11 is 0. The first kappa shape index (κ1) is 9.29. The molecule has 1 rings (SSSR count). The number of nitrogens with two attached hydrogens (primary N) is 2. The highest BCUT2D eigenvalue weighted by Crippen LogP contribution is 2.19. The van der Waals surface area contributed by atoms with Crippen LogP contribution in [0.5, 0.6) is 0 Å². The molecule has 0 aromatic rings. The minimum Gasteiger partial charge on any atom is -0.490 e. The van der Waals surface area contributed by atoms with Crippen LogP contribution in [0, 0.1) is 0 Å². The average Bonchev–Trinajstić information content (AvgIpc) is 2.13. The molecule has 13 heavy (non-hydrogen) atoms. The lowest BCUT2D eigenvalue weighted by atomic mass is 10.4. The Morgan fingerprint density at radius 2 is 1.69 bits per heavy atom. The summed E-state index contributed by atoms with van der Waals surface area (Å²) in [6.45, 7) is 0. The SMILES string of the molecule is CNC1=C(N)N(O)C(N)=C(O)N1O. The van der Waals surface area contributed by atoms with Crippen LogP contribution in [0.2, 0.25) is 0 Å². The Morgan fingerprint density at radius 1 is 1.15 bits per heavy atom. The second-order valence-corrected chi connectivity index (χ2v) is 2.32. The Labute approximate surface area is 73.9 Å². The Kier molecular flexibility index (Phi) is 2.09. The van der Waals surface area contributed by atoms with Gasteiger partial charge < -0.3 is 21.9 Å². The average molecular weight is 189 g/mol. The van der Waals surface area contributed by atoms with Crippen molar-refractivity contribution in [3.8, 4) is 0 Å². The first-order valence-electron chi connectivity index (χ1n) is 3.35. The molecule has 0 fully saturated rings. The zero-order chi connectivity index (χ0) is 10.2. The van der Waals surface area contributed by atoms with E-state index < -0.39 is 11.7 Å². The third kappa shape index (κ3) is 1.17. The van der Waals surface area contributed by atoms with E-state index in [-0.39, 0.29) is 11.6 Å². The number of hydroxylamine groups is 4. The van der Waals surface area contributed by atoms with Crippen LogP contribution in [0.4, 0.5) is 0 Å². The second kappa shape index (κ2) is 2.92. The van der Waals surface area contributed by atoms with Gasteiger partial charge in [0.1, 0.15) is 0 Å². The van der Waals surface area contributed by atoms with E-state index in [2.05, 4.69) is 5.32 Å². The Balaban J connectivity index is 3.13. The summed E-state index contributed by atoms with van der Waals surface area (Å²) in [7, 11) is 1.45. The van der Waals surface area contributed by atoms with Crippen molar-refractivity contribution < 1.29 is 15.5 Å². The molecule has 0 spiro atoms. The van der Waals surface area contributed by atoms with Gasteiger partial charge in [-0.1, -0.05) is 0 Å². The zero-order valence-electron chi connectivity index (χ0n) is 6.89. The molecular formula is C5H11N5O3. The van der Waals surface area contributed by atoms with Crippen molar-refractivity contribution in [2.24, 2.45) is 11.5 Å². The zero-order valence-corrected chi connectivity index (χ0v) is 6.89. The minimum absolute atomic E-state index is 0.0748. The summed E-state index contributed by atoms with van der Waals surface area (Å²) in [6, 6.07) is 0. The fourth-order valence-corrected chi connectivity index (χ4v) is 0.882. The molecule has 0 aromatic carbocycles. The van der Waals surface area contributed by atoms with E-state index in [1.165, 1.54) is 7.05 Å². The van der Waals surface area contributed by atoms with Gasteiger partial charge in [0.15, 0.2) is 17.5 Å². The Hall–Kier alpha value is -1.80. The molecule has 0 saturated heterocycles. The van der Waals surface area contributed by atoms with Crippen molar-refractivity contribution in [1.29, 1.82) is 0 Å². The Bertz CT molecular complexity index is 286. The van der Waals surface area contributed by atoms with Crippen LogP contribution in [0.25, 0.3) is 0 Å². The maximum atomic E-state index is 9.20. The fraction of sp³-hybridized carbons (Fsp3) is 0.200. The fourth-order valence-electron chi connectivity index (χ4n) is 0.882. The van der Waals surface area contributed by atoms with Gasteiger partial charge in [0, 0.05) is 7.05 Å². The second-order valence-electron chi connectivity index (χ2n) is 2.32. The van der Waals surface area contributed by atoms with Crippen molar-refractivity contribution in [3.05, 3.63) is 23.3 Å². The summed E-state index contributed by atoms with van der Waals surface area (Å²) < 4.78 is 0. The predicted octanol–water partition coefficient (Wildman–Crippen LogP) is -1.67. The first-order chi connectivity index (χ1) is 6.00. The first-order valence-corrected chi connectivity index (χ1v) is 3.35. The van der Waals surface area contributed by atoms with Crippen LogP contribution in [0.15, 0.2) is 23.3 Å². The summed E-state index contributed by atoms with van der Waals surface area (Å²) in [5.74, 6) is -1.46. The lowest BCUT2D eigenvalue weighted by Gasteiger charge is -2.30. The maximum absolute atomic E-state index is 9.20. The van der Waals surface area contributed by atoms with Gasteiger partial charge in [-0.05, 0) is 0 Å². The van der Waals surface area contributed by atoms with Gasteiger partial charge in [-0.3, -0.25) is 10.4 Å². The summed E-state index contributed by atoms with van der Waals surface area (Å²) in [5.41, 5.74) is 10.5. The molecule has 0 unspecified atom stereocenters. The number of aliphatic hydroxyl groups excluding tert-OH is 1. The van der Waals surface area contributed by atoms with E-state index in [0.29, 0.717) is 10.1 Å². The van der Waals surface area contributed by atoms with Gasteiger partial charge in [0.25, 0.3) is 5.88 Å². The van der Waals surface area contributed by atoms with E-state index in [1.807, 2.05) is 0 Å². The number of nitrogens with one attached hydrogen (secondary N) is 1. The molecule has 74 valence electrons. The Morgan fingerprint density at radius 3 is 2.15 bits per heavy atom. The van der Waals surface area contributed by atoms with Crippen LogP contribution < -0.4 is 16.8 Å². The van der Waals surface area contributed by atoms with Gasteiger partial charge in [0.05, 0.1) is 0 Å². The molecular weight excluding hydrogens is 178 g/mol. The molecule has 0 aliphatic carbocycles. The molecule has 8 nitrogen and oxygen atoms in total. The predicted molar refractivity (Wildman–Crippen MR) is 41.4 cm³/mol. The minimum atomic E-state index is -0.707. The van der Waals surface area contributed by atoms with E-state index >= 15 is 0 Å². The molecule has 8 N–H and O–H groups in total. The van der Waals surface area contributed by atoms with Crippen LogP contribution in [0.1, 0.15) is 0 Å². The van der Waals surface area contributed by atoms with E-state index in [9.17, 15) is 5.21 Å². The van der Waals surface area contributed by atoms with E-state index in [0.717, 1.165) is 0 Å². The van der Waals surface area contributed by atoms with Gasteiger partial charge in [-0.25, -0.2) is 0 Å². The van der Waals surface area contributed by atoms with Gasteiger partial charge in [-0.2, -0.15) is 10.1 Å². The molecule has 8 heteroatoms. The van der Waals surface area contributed by atoms with Crippen LogP contribution in [-0.2, 0) is 0 Å². The highest BCUT2D eigenvalue weighted by molar-refractivity contribution is 5.19. The third-order valence-corrected chi connectivity index (χ3v) is 1.58. The van der Waals surface area contributed by atoms with E-state index in [1.54, 1.807) is 0 Å². The highest BCUT2D eigenvalue weighted by Gasteiger charge is 2.28. The standard InChI is InChI=1S/C5H11N5O3/c1-8-4-2(6)9(12)3(7)5(11)10(4)13/h8,11-13H,6-7H2,1H3. The van der Waals surface area contributed by atoms with Crippen molar-refractivity contribution in [1.82, 2.24) is 15.4 Å². The number of hydrogen-bond donors (Lipinski definition) is 6. The maximum Gasteiger partial charge on any atom is 0.261 e. The van der Waals surface area contributed by atoms with Gasteiger partial charge in [-0.15, -0.1) is 0 Å². The number of aliphatic hydroxyl groups is 1. The number of rotatable bonds is 1. The molecule has 1 aliphatic rings. The highest BCUT2D eigenvalue weighted by atomic mass is 16.5. The topological polar surface area (TPSA) is 131 Å². The molecule has 0 bridgehead atoms. The molecule has 0 saturated carbocycles. The van der Waals surface area contributed by atoms with Gasteiger partial charge >= 0.3 is 0 Å². The molecule has 0 radical (unpaired) electrons. The largest absolute Gasteiger partial charge is 0.490 e. The van der Waals surface area contributed by atoms with Crippen LogP contribution in [0.3, 0.4) is 0 Å². The molecule has 0 amide bonds. The van der Waals surface area contributed by atoms with Crippen molar-refractivity contribution in [2.75, 3.05) is 7.05 Å². The molecule has 0 aromatic heterocycles. The van der Waals surface area contributed by atoms with Gasteiger partial charge in [0.2, 0.25) is 0 Å². The van der Waals surface area contributed by atoms with Crippen LogP contribution >= 0.6 is 0 Å². The van der Waals surface area contributed by atoms with E-state index in [4.69, 9.17) is 21.8 Å². The van der Waals surface area contributed by atoms with Crippen molar-refractivity contribution in [3.63, 3.8) is 0 Å². The number of nitrogens with zero attached hydrogens (tertiary/aromatic N) is 2. The van der Waals surface area contributed by atoms with Crippen molar-refractivity contribution >= 4 is 0 Å².